The minimum absolute atomic E-state index is 0.0481. The van der Waals surface area contributed by atoms with Gasteiger partial charge in [-0.3, -0.25) is 4.79 Å². The lowest BCUT2D eigenvalue weighted by Gasteiger charge is -2.18. The lowest BCUT2D eigenvalue weighted by molar-refractivity contribution is 0.400. The summed E-state index contributed by atoms with van der Waals surface area (Å²) in [6, 6.07) is 9.84. The molecule has 0 bridgehead atoms. The zero-order valence-electron chi connectivity index (χ0n) is 11.9. The lowest BCUT2D eigenvalue weighted by Crippen LogP contribution is -2.20. The maximum absolute atomic E-state index is 12.0. The first-order valence-electron chi connectivity index (χ1n) is 6.52. The molecule has 0 amide bonds. The Balaban J connectivity index is 2.53. The molecule has 0 spiro atoms. The molecule has 0 atom stereocenters. The lowest BCUT2D eigenvalue weighted by atomic mass is 9.92. The van der Waals surface area contributed by atoms with Crippen molar-refractivity contribution < 1.29 is 0 Å². The fraction of sp³-hybridized carbons (Fsp3) is 0.375. The number of H-pyrrole nitrogens is 1. The molecule has 0 radical (unpaired) electrons. The average molecular weight is 256 g/mol. The molecule has 0 aliphatic carbocycles. The highest BCUT2D eigenvalue weighted by Gasteiger charge is 2.15. The van der Waals surface area contributed by atoms with Gasteiger partial charge in [0.05, 0.1) is 5.69 Å². The third kappa shape index (κ3) is 3.31. The summed E-state index contributed by atoms with van der Waals surface area (Å²) < 4.78 is 0. The first-order valence-corrected chi connectivity index (χ1v) is 6.52. The van der Waals surface area contributed by atoms with E-state index in [0.29, 0.717) is 5.56 Å². The van der Waals surface area contributed by atoms with Gasteiger partial charge in [0, 0.05) is 17.5 Å². The van der Waals surface area contributed by atoms with Gasteiger partial charge >= 0.3 is 0 Å². The van der Waals surface area contributed by atoms with Crippen LogP contribution < -0.4 is 5.56 Å². The third-order valence-electron chi connectivity index (χ3n) is 2.95. The fourth-order valence-corrected chi connectivity index (χ4v) is 2.04. The van der Waals surface area contributed by atoms with Crippen LogP contribution in [0, 0.1) is 12.3 Å². The van der Waals surface area contributed by atoms with Crippen molar-refractivity contribution >= 4 is 0 Å². The van der Waals surface area contributed by atoms with Crippen molar-refractivity contribution in [3.63, 3.8) is 0 Å². The predicted octanol–water partition coefficient (Wildman–Crippen LogP) is 3.33. The van der Waals surface area contributed by atoms with E-state index in [0.717, 1.165) is 23.5 Å². The van der Waals surface area contributed by atoms with Gasteiger partial charge in [0.15, 0.2) is 0 Å². The topological polar surface area (TPSA) is 45.8 Å². The standard InChI is InChI=1S/C16H20N2O/c1-11-14(12-8-6-5-7-9-12)17-13(18-15(11)19)10-16(2,3)4/h5-9H,10H2,1-4H3,(H,17,18,19). The number of rotatable bonds is 2. The van der Waals surface area contributed by atoms with Crippen LogP contribution in [0.25, 0.3) is 11.3 Å². The number of hydrogen-bond acceptors (Lipinski definition) is 2. The Morgan fingerprint density at radius 1 is 1.16 bits per heavy atom. The Labute approximate surface area is 113 Å². The summed E-state index contributed by atoms with van der Waals surface area (Å²) >= 11 is 0. The summed E-state index contributed by atoms with van der Waals surface area (Å²) in [5, 5.41) is 0. The maximum atomic E-state index is 12.0. The quantitative estimate of drug-likeness (QED) is 0.895. The highest BCUT2D eigenvalue weighted by atomic mass is 16.1. The number of benzene rings is 1. The van der Waals surface area contributed by atoms with Crippen LogP contribution >= 0.6 is 0 Å². The van der Waals surface area contributed by atoms with Gasteiger partial charge in [-0.2, -0.15) is 0 Å². The molecule has 0 aliphatic rings. The molecule has 3 heteroatoms. The molecule has 1 heterocycles. The molecule has 1 aromatic heterocycles. The Morgan fingerprint density at radius 3 is 2.37 bits per heavy atom. The predicted molar refractivity (Wildman–Crippen MR) is 78.2 cm³/mol. The first-order chi connectivity index (χ1) is 8.87. The van der Waals surface area contributed by atoms with Crippen LogP contribution in [-0.4, -0.2) is 9.97 Å². The summed E-state index contributed by atoms with van der Waals surface area (Å²) in [5.74, 6) is 0.752. The van der Waals surface area contributed by atoms with Crippen LogP contribution in [-0.2, 0) is 6.42 Å². The number of aromatic nitrogens is 2. The molecule has 2 rings (SSSR count). The second kappa shape index (κ2) is 5.00. The van der Waals surface area contributed by atoms with Gasteiger partial charge in [-0.15, -0.1) is 0 Å². The molecule has 3 nitrogen and oxygen atoms in total. The molecular weight excluding hydrogens is 236 g/mol. The number of aromatic amines is 1. The fourth-order valence-electron chi connectivity index (χ4n) is 2.04. The molecule has 0 saturated heterocycles. The van der Waals surface area contributed by atoms with Crippen molar-refractivity contribution in [1.82, 2.24) is 9.97 Å². The Hall–Kier alpha value is -1.90. The SMILES string of the molecule is Cc1c(-c2ccccc2)nc(CC(C)(C)C)[nH]c1=O. The van der Waals surface area contributed by atoms with Gasteiger partial charge in [0.25, 0.3) is 5.56 Å². The molecule has 2 aromatic rings. The van der Waals surface area contributed by atoms with E-state index in [4.69, 9.17) is 0 Å². The number of nitrogens with one attached hydrogen (secondary N) is 1. The summed E-state index contributed by atoms with van der Waals surface area (Å²) in [4.78, 5) is 19.5. The van der Waals surface area contributed by atoms with Crippen LogP contribution in [0.15, 0.2) is 35.1 Å². The maximum Gasteiger partial charge on any atom is 0.254 e. The third-order valence-corrected chi connectivity index (χ3v) is 2.95. The van der Waals surface area contributed by atoms with Crippen molar-refractivity contribution in [2.24, 2.45) is 5.41 Å². The number of nitrogens with zero attached hydrogens (tertiary/aromatic N) is 1. The van der Waals surface area contributed by atoms with E-state index in [1.807, 2.05) is 37.3 Å². The zero-order chi connectivity index (χ0) is 14.0. The van der Waals surface area contributed by atoms with Gasteiger partial charge in [-0.25, -0.2) is 4.98 Å². The van der Waals surface area contributed by atoms with E-state index < -0.39 is 0 Å². The second-order valence-electron chi connectivity index (χ2n) is 6.09. The van der Waals surface area contributed by atoms with Crippen molar-refractivity contribution in [2.75, 3.05) is 0 Å². The molecule has 0 fully saturated rings. The Bertz CT molecular complexity index is 621. The van der Waals surface area contributed by atoms with E-state index in [2.05, 4.69) is 30.7 Å². The van der Waals surface area contributed by atoms with Crippen molar-refractivity contribution in [3.05, 3.63) is 52.1 Å². The Kier molecular flexibility index (Phi) is 3.56. The molecule has 1 N–H and O–H groups in total. The van der Waals surface area contributed by atoms with Crippen LogP contribution in [0.2, 0.25) is 0 Å². The molecule has 0 unspecified atom stereocenters. The van der Waals surface area contributed by atoms with E-state index in [1.165, 1.54) is 0 Å². The molecular formula is C16H20N2O. The summed E-state index contributed by atoms with van der Waals surface area (Å²) in [6.45, 7) is 8.22. The van der Waals surface area contributed by atoms with Crippen LogP contribution in [0.4, 0.5) is 0 Å². The minimum atomic E-state index is -0.0481. The van der Waals surface area contributed by atoms with Gasteiger partial charge in [0.2, 0.25) is 0 Å². The van der Waals surface area contributed by atoms with Gasteiger partial charge in [-0.05, 0) is 12.3 Å². The molecule has 1 aromatic carbocycles. The largest absolute Gasteiger partial charge is 0.310 e. The normalized spacial score (nSPS) is 11.6. The molecule has 100 valence electrons. The highest BCUT2D eigenvalue weighted by Crippen LogP contribution is 2.22. The molecule has 0 saturated carbocycles. The Morgan fingerprint density at radius 2 is 1.79 bits per heavy atom. The molecule has 19 heavy (non-hydrogen) atoms. The summed E-state index contributed by atoms with van der Waals surface area (Å²) in [5.41, 5.74) is 2.49. The zero-order valence-corrected chi connectivity index (χ0v) is 11.9. The molecule has 0 aliphatic heterocycles. The smallest absolute Gasteiger partial charge is 0.254 e. The highest BCUT2D eigenvalue weighted by molar-refractivity contribution is 5.62. The van der Waals surface area contributed by atoms with Crippen molar-refractivity contribution in [2.45, 2.75) is 34.1 Å². The second-order valence-corrected chi connectivity index (χ2v) is 6.09. The van der Waals surface area contributed by atoms with Gasteiger partial charge < -0.3 is 4.98 Å². The summed E-state index contributed by atoms with van der Waals surface area (Å²) in [6.07, 6.45) is 0.752. The van der Waals surface area contributed by atoms with Gasteiger partial charge in [0.1, 0.15) is 5.82 Å². The van der Waals surface area contributed by atoms with Crippen LogP contribution in [0.1, 0.15) is 32.2 Å². The first kappa shape index (κ1) is 13.5. The van der Waals surface area contributed by atoms with E-state index in [9.17, 15) is 4.79 Å². The van der Waals surface area contributed by atoms with Crippen LogP contribution in [0.3, 0.4) is 0 Å². The van der Waals surface area contributed by atoms with E-state index >= 15 is 0 Å². The average Bonchev–Trinajstić information content (AvgIpc) is 2.33. The minimum Gasteiger partial charge on any atom is -0.310 e. The summed E-state index contributed by atoms with van der Waals surface area (Å²) in [7, 11) is 0. The monoisotopic (exact) mass is 256 g/mol. The van der Waals surface area contributed by atoms with E-state index in [-0.39, 0.29) is 11.0 Å². The van der Waals surface area contributed by atoms with E-state index in [1.54, 1.807) is 0 Å². The van der Waals surface area contributed by atoms with Gasteiger partial charge in [-0.1, -0.05) is 51.1 Å². The number of hydrogen-bond donors (Lipinski definition) is 1. The van der Waals surface area contributed by atoms with Crippen molar-refractivity contribution in [1.29, 1.82) is 0 Å². The van der Waals surface area contributed by atoms with Crippen molar-refractivity contribution in [3.8, 4) is 11.3 Å². The van der Waals surface area contributed by atoms with Crippen LogP contribution in [0.5, 0.6) is 0 Å².